The van der Waals surface area contributed by atoms with Crippen LogP contribution in [0, 0.1) is 11.8 Å². The molecule has 4 atom stereocenters. The normalized spacial score (nSPS) is 31.6. The highest BCUT2D eigenvalue weighted by Gasteiger charge is 2.45. The molecule has 0 saturated carbocycles. The lowest BCUT2D eigenvalue weighted by Gasteiger charge is -2.28. The number of allylic oxidation sites excluding steroid dienone is 2. The number of aliphatic carboxylic acids is 1. The molecule has 4 unspecified atom stereocenters. The number of carbonyl (C=O) groups excluding carboxylic acids is 2. The third-order valence-corrected chi connectivity index (χ3v) is 5.02. The first-order chi connectivity index (χ1) is 12.2. The summed E-state index contributed by atoms with van der Waals surface area (Å²) in [5, 5.41) is 9.50. The smallest absolute Gasteiger partial charge is 0.334 e. The maximum Gasteiger partial charge on any atom is 0.334 e. The Morgan fingerprint density at radius 3 is 2.77 bits per heavy atom. The minimum Gasteiger partial charge on any atom is -0.478 e. The van der Waals surface area contributed by atoms with Crippen molar-refractivity contribution in [2.75, 3.05) is 0 Å². The number of carbonyl (C=O) groups is 3. The van der Waals surface area contributed by atoms with E-state index in [4.69, 9.17) is 9.47 Å². The summed E-state index contributed by atoms with van der Waals surface area (Å²) in [6, 6.07) is 0. The van der Waals surface area contributed by atoms with Crippen LogP contribution in [0.15, 0.2) is 35.5 Å². The van der Waals surface area contributed by atoms with Gasteiger partial charge < -0.3 is 14.6 Å². The number of hydrogen-bond donors (Lipinski definition) is 1. The molecule has 2 aliphatic rings. The van der Waals surface area contributed by atoms with Crippen LogP contribution in [0.4, 0.5) is 0 Å². The van der Waals surface area contributed by atoms with E-state index in [0.29, 0.717) is 19.3 Å². The maximum absolute atomic E-state index is 12.4. The number of ether oxygens (including phenoxy) is 2. The number of esters is 2. The van der Waals surface area contributed by atoms with E-state index >= 15 is 0 Å². The monoisotopic (exact) mass is 362 g/mol. The van der Waals surface area contributed by atoms with Crippen molar-refractivity contribution in [3.8, 4) is 0 Å². The van der Waals surface area contributed by atoms with Crippen molar-refractivity contribution >= 4 is 17.9 Å². The molecule has 0 aromatic carbocycles. The fourth-order valence-corrected chi connectivity index (χ4v) is 3.17. The molecule has 1 aliphatic carbocycles. The fraction of sp³-hybridized carbons (Fsp3) is 0.550. The predicted molar refractivity (Wildman–Crippen MR) is 95.2 cm³/mol. The minimum absolute atomic E-state index is 0.0151. The first kappa shape index (κ1) is 19.9. The third kappa shape index (κ3) is 4.42. The SMILES string of the molecule is C=C1C(=O)OC2/C=C(/C)CC/C=C(/C(=O)O)CC(OC(=O)C(C)CC)C12. The first-order valence-electron chi connectivity index (χ1n) is 8.94. The molecule has 1 N–H and O–H groups in total. The second-order valence-corrected chi connectivity index (χ2v) is 7.00. The Morgan fingerprint density at radius 1 is 1.46 bits per heavy atom. The zero-order valence-corrected chi connectivity index (χ0v) is 15.5. The Labute approximate surface area is 153 Å². The van der Waals surface area contributed by atoms with Crippen LogP contribution in [0.5, 0.6) is 0 Å². The van der Waals surface area contributed by atoms with Crippen molar-refractivity contribution in [2.45, 2.75) is 58.7 Å². The molecule has 0 aromatic rings. The summed E-state index contributed by atoms with van der Waals surface area (Å²) in [7, 11) is 0. The van der Waals surface area contributed by atoms with Crippen molar-refractivity contribution in [1.29, 1.82) is 0 Å². The van der Waals surface area contributed by atoms with Crippen molar-refractivity contribution in [3.05, 3.63) is 35.5 Å². The Balaban J connectivity index is 2.43. The van der Waals surface area contributed by atoms with Gasteiger partial charge in [0.1, 0.15) is 12.2 Å². The van der Waals surface area contributed by atoms with Crippen molar-refractivity contribution in [3.63, 3.8) is 0 Å². The highest BCUT2D eigenvalue weighted by Crippen LogP contribution is 2.36. The van der Waals surface area contributed by atoms with Crippen LogP contribution in [0.2, 0.25) is 0 Å². The quantitative estimate of drug-likeness (QED) is 0.469. The molecule has 0 aromatic heterocycles. The summed E-state index contributed by atoms with van der Waals surface area (Å²) >= 11 is 0. The fourth-order valence-electron chi connectivity index (χ4n) is 3.17. The van der Waals surface area contributed by atoms with E-state index in [1.807, 2.05) is 19.9 Å². The largest absolute Gasteiger partial charge is 0.478 e. The lowest BCUT2D eigenvalue weighted by Crippen LogP contribution is -2.35. The van der Waals surface area contributed by atoms with E-state index in [-0.39, 0.29) is 23.5 Å². The van der Waals surface area contributed by atoms with E-state index in [1.165, 1.54) is 0 Å². The van der Waals surface area contributed by atoms with E-state index in [0.717, 1.165) is 5.57 Å². The minimum atomic E-state index is -1.05. The van der Waals surface area contributed by atoms with E-state index in [9.17, 15) is 19.5 Å². The molecule has 0 amide bonds. The molecule has 6 nitrogen and oxygen atoms in total. The van der Waals surface area contributed by atoms with Gasteiger partial charge in [0.25, 0.3) is 0 Å². The van der Waals surface area contributed by atoms with Crippen LogP contribution in [0.1, 0.15) is 46.5 Å². The zero-order chi connectivity index (χ0) is 19.4. The average Bonchev–Trinajstić information content (AvgIpc) is 2.85. The highest BCUT2D eigenvalue weighted by molar-refractivity contribution is 5.91. The van der Waals surface area contributed by atoms with Gasteiger partial charge in [0, 0.05) is 17.6 Å². The second kappa shape index (κ2) is 8.34. The van der Waals surface area contributed by atoms with Crippen LogP contribution in [-0.2, 0) is 23.9 Å². The Hall–Kier alpha value is -2.37. The summed E-state index contributed by atoms with van der Waals surface area (Å²) < 4.78 is 11.1. The van der Waals surface area contributed by atoms with Crippen molar-refractivity contribution in [1.82, 2.24) is 0 Å². The van der Waals surface area contributed by atoms with Crippen LogP contribution >= 0.6 is 0 Å². The summed E-state index contributed by atoms with van der Waals surface area (Å²) in [6.45, 7) is 9.33. The van der Waals surface area contributed by atoms with Crippen LogP contribution in [0.25, 0.3) is 0 Å². The molecule has 26 heavy (non-hydrogen) atoms. The lowest BCUT2D eigenvalue weighted by atomic mass is 9.85. The summed E-state index contributed by atoms with van der Waals surface area (Å²) in [5.74, 6) is -2.90. The molecular formula is C20H26O6. The van der Waals surface area contributed by atoms with E-state index in [1.54, 1.807) is 13.0 Å². The highest BCUT2D eigenvalue weighted by atomic mass is 16.6. The van der Waals surface area contributed by atoms with Gasteiger partial charge >= 0.3 is 17.9 Å². The topological polar surface area (TPSA) is 89.9 Å². The number of hydrogen-bond acceptors (Lipinski definition) is 5. The predicted octanol–water partition coefficient (Wildman–Crippen LogP) is 3.18. The molecule has 0 spiro atoms. The molecule has 1 aliphatic heterocycles. The number of fused-ring (bicyclic) bond motifs is 1. The third-order valence-electron chi connectivity index (χ3n) is 5.02. The lowest BCUT2D eigenvalue weighted by molar-refractivity contribution is -0.157. The van der Waals surface area contributed by atoms with Crippen molar-refractivity contribution in [2.24, 2.45) is 11.8 Å². The Morgan fingerprint density at radius 2 is 2.15 bits per heavy atom. The molecule has 0 bridgehead atoms. The van der Waals surface area contributed by atoms with E-state index in [2.05, 4.69) is 6.58 Å². The van der Waals surface area contributed by atoms with Crippen molar-refractivity contribution < 1.29 is 29.0 Å². The van der Waals surface area contributed by atoms with Gasteiger partial charge in [-0.25, -0.2) is 9.59 Å². The van der Waals surface area contributed by atoms with Gasteiger partial charge in [-0.1, -0.05) is 32.1 Å². The van der Waals surface area contributed by atoms with Gasteiger partial charge in [-0.3, -0.25) is 4.79 Å². The summed E-state index contributed by atoms with van der Waals surface area (Å²) in [5.41, 5.74) is 1.37. The Kier molecular flexibility index (Phi) is 6.40. The molecule has 1 heterocycles. The van der Waals surface area contributed by atoms with Gasteiger partial charge in [0.15, 0.2) is 0 Å². The molecular weight excluding hydrogens is 336 g/mol. The molecule has 2 rings (SSSR count). The number of rotatable bonds is 4. The molecule has 0 radical (unpaired) electrons. The average molecular weight is 362 g/mol. The van der Waals surface area contributed by atoms with Gasteiger partial charge in [-0.15, -0.1) is 0 Å². The molecule has 1 saturated heterocycles. The molecule has 1 fully saturated rings. The van der Waals surface area contributed by atoms with Gasteiger partial charge in [-0.05, 0) is 32.3 Å². The first-order valence-corrected chi connectivity index (χ1v) is 8.94. The summed E-state index contributed by atoms with van der Waals surface area (Å²) in [4.78, 5) is 36.0. The van der Waals surface area contributed by atoms with Gasteiger partial charge in [-0.2, -0.15) is 0 Å². The standard InChI is InChI=1S/C20H26O6/c1-5-12(3)19(23)25-16-10-14(18(21)22)8-6-7-11(2)9-15-17(16)13(4)20(24)26-15/h8-9,12,15-17H,4-7,10H2,1-3H3,(H,21,22)/b11-9-,14-8+. The molecule has 6 heteroatoms. The van der Waals surface area contributed by atoms with E-state index < -0.39 is 36.0 Å². The van der Waals surface area contributed by atoms with Crippen LogP contribution in [0.3, 0.4) is 0 Å². The van der Waals surface area contributed by atoms with Crippen LogP contribution < -0.4 is 0 Å². The van der Waals surface area contributed by atoms with Gasteiger partial charge in [0.2, 0.25) is 0 Å². The van der Waals surface area contributed by atoms with Gasteiger partial charge in [0.05, 0.1) is 11.8 Å². The van der Waals surface area contributed by atoms with Crippen LogP contribution in [-0.4, -0.2) is 35.2 Å². The second-order valence-electron chi connectivity index (χ2n) is 7.00. The zero-order valence-electron chi connectivity index (χ0n) is 15.5. The summed E-state index contributed by atoms with van der Waals surface area (Å²) in [6.07, 6.45) is 3.94. The maximum atomic E-state index is 12.4. The number of carboxylic acids is 1. The number of carboxylic acid groups (broad SMARTS) is 1. The Bertz CT molecular complexity index is 672. The molecule has 142 valence electrons.